The number of thiophene rings is 1. The maximum atomic E-state index is 12.6. The number of aliphatic hydroxyl groups is 1. The van der Waals surface area contributed by atoms with Crippen LogP contribution in [-0.4, -0.2) is 73.1 Å². The van der Waals surface area contributed by atoms with Gasteiger partial charge >= 0.3 is 0 Å². The Labute approximate surface area is 157 Å². The van der Waals surface area contributed by atoms with Crippen LogP contribution in [0.15, 0.2) is 36.4 Å². The fraction of sp³-hybridized carbons (Fsp3) is 0.368. The number of aliphatic hydroxyl groups excluding tert-OH is 1. The number of amides is 2. The van der Waals surface area contributed by atoms with Crippen molar-refractivity contribution in [1.29, 1.82) is 0 Å². The van der Waals surface area contributed by atoms with Crippen LogP contribution in [0.3, 0.4) is 0 Å². The standard InChI is InChI=1S/C19H23N3O3S/c1-21-9-11-22(12-10-21)19(25)15-4-2-14(3-5-15)16-6-7-17(26-16)18(24)20-8-13-23/h2-7,23H,8-13H2,1H3,(H,20,24). The molecule has 7 heteroatoms. The number of benzene rings is 1. The van der Waals surface area contributed by atoms with Gasteiger partial charge in [-0.2, -0.15) is 0 Å². The topological polar surface area (TPSA) is 72.9 Å². The number of likely N-dealkylation sites (N-methyl/N-ethyl adjacent to an activating group) is 1. The number of carbonyl (C=O) groups is 2. The van der Waals surface area contributed by atoms with Crippen molar-refractivity contribution in [3.8, 4) is 10.4 Å². The summed E-state index contributed by atoms with van der Waals surface area (Å²) < 4.78 is 0. The fourth-order valence-electron chi connectivity index (χ4n) is 2.84. The van der Waals surface area contributed by atoms with Crippen molar-refractivity contribution < 1.29 is 14.7 Å². The molecule has 2 amide bonds. The van der Waals surface area contributed by atoms with E-state index in [2.05, 4.69) is 17.3 Å². The average molecular weight is 373 g/mol. The second-order valence-electron chi connectivity index (χ2n) is 6.32. The molecule has 0 saturated carbocycles. The molecular weight excluding hydrogens is 350 g/mol. The second-order valence-corrected chi connectivity index (χ2v) is 7.40. The normalized spacial score (nSPS) is 15.1. The summed E-state index contributed by atoms with van der Waals surface area (Å²) >= 11 is 1.39. The zero-order valence-corrected chi connectivity index (χ0v) is 15.6. The van der Waals surface area contributed by atoms with Gasteiger partial charge in [0.1, 0.15) is 0 Å². The van der Waals surface area contributed by atoms with Gasteiger partial charge in [0.05, 0.1) is 11.5 Å². The molecule has 0 bridgehead atoms. The molecule has 0 atom stereocenters. The molecule has 2 heterocycles. The van der Waals surface area contributed by atoms with Crippen LogP contribution in [0.25, 0.3) is 10.4 Å². The lowest BCUT2D eigenvalue weighted by atomic mass is 10.1. The van der Waals surface area contributed by atoms with E-state index < -0.39 is 0 Å². The van der Waals surface area contributed by atoms with Crippen molar-refractivity contribution in [2.75, 3.05) is 46.4 Å². The van der Waals surface area contributed by atoms with Crippen LogP contribution in [0.2, 0.25) is 0 Å². The van der Waals surface area contributed by atoms with E-state index in [9.17, 15) is 9.59 Å². The molecule has 0 radical (unpaired) electrons. The molecule has 1 aliphatic heterocycles. The first kappa shape index (κ1) is 18.6. The van der Waals surface area contributed by atoms with Gasteiger partial charge in [-0.1, -0.05) is 12.1 Å². The van der Waals surface area contributed by atoms with Crippen LogP contribution in [0.4, 0.5) is 0 Å². The van der Waals surface area contributed by atoms with E-state index in [1.54, 1.807) is 6.07 Å². The lowest BCUT2D eigenvalue weighted by molar-refractivity contribution is 0.0664. The van der Waals surface area contributed by atoms with Crippen LogP contribution in [-0.2, 0) is 0 Å². The molecule has 2 aromatic rings. The van der Waals surface area contributed by atoms with Gasteiger partial charge in [-0.05, 0) is 36.9 Å². The van der Waals surface area contributed by atoms with Gasteiger partial charge in [0.15, 0.2) is 0 Å². The molecule has 6 nitrogen and oxygen atoms in total. The van der Waals surface area contributed by atoms with Crippen molar-refractivity contribution in [3.63, 3.8) is 0 Å². The fourth-order valence-corrected chi connectivity index (χ4v) is 3.77. The van der Waals surface area contributed by atoms with Crippen molar-refractivity contribution >= 4 is 23.2 Å². The molecule has 138 valence electrons. The molecule has 1 aromatic carbocycles. The molecule has 1 fully saturated rings. The third-order valence-electron chi connectivity index (χ3n) is 4.43. The third-order valence-corrected chi connectivity index (χ3v) is 5.57. The summed E-state index contributed by atoms with van der Waals surface area (Å²) in [7, 11) is 2.07. The summed E-state index contributed by atoms with van der Waals surface area (Å²) in [6, 6.07) is 11.2. The van der Waals surface area contributed by atoms with Gasteiger partial charge in [-0.15, -0.1) is 11.3 Å². The van der Waals surface area contributed by atoms with E-state index in [-0.39, 0.29) is 25.0 Å². The highest BCUT2D eigenvalue weighted by Gasteiger charge is 2.20. The maximum Gasteiger partial charge on any atom is 0.261 e. The first-order chi connectivity index (χ1) is 12.6. The van der Waals surface area contributed by atoms with Gasteiger partial charge < -0.3 is 20.2 Å². The Balaban J connectivity index is 1.67. The van der Waals surface area contributed by atoms with Crippen LogP contribution >= 0.6 is 11.3 Å². The zero-order valence-electron chi connectivity index (χ0n) is 14.8. The smallest absolute Gasteiger partial charge is 0.261 e. The Morgan fingerprint density at radius 2 is 1.77 bits per heavy atom. The largest absolute Gasteiger partial charge is 0.395 e. The number of nitrogens with one attached hydrogen (secondary N) is 1. The summed E-state index contributed by atoms with van der Waals surface area (Å²) in [6.07, 6.45) is 0. The second kappa shape index (κ2) is 8.44. The van der Waals surface area contributed by atoms with E-state index in [0.29, 0.717) is 10.4 Å². The molecule has 0 unspecified atom stereocenters. The number of rotatable bonds is 5. The van der Waals surface area contributed by atoms with E-state index >= 15 is 0 Å². The summed E-state index contributed by atoms with van der Waals surface area (Å²) in [5.41, 5.74) is 1.67. The Kier molecular flexibility index (Phi) is 6.03. The van der Waals surface area contributed by atoms with E-state index in [1.807, 2.05) is 35.2 Å². The first-order valence-electron chi connectivity index (χ1n) is 8.65. The summed E-state index contributed by atoms with van der Waals surface area (Å²) in [5.74, 6) is -0.114. The predicted octanol–water partition coefficient (Wildman–Crippen LogP) is 1.52. The van der Waals surface area contributed by atoms with Crippen LogP contribution in [0.1, 0.15) is 20.0 Å². The lowest BCUT2D eigenvalue weighted by Gasteiger charge is -2.32. The molecular formula is C19H23N3O3S. The molecule has 1 aliphatic rings. The number of nitrogens with zero attached hydrogens (tertiary/aromatic N) is 2. The summed E-state index contributed by atoms with van der Waals surface area (Å²) in [5, 5.41) is 11.4. The number of carbonyl (C=O) groups excluding carboxylic acids is 2. The minimum Gasteiger partial charge on any atom is -0.395 e. The quantitative estimate of drug-likeness (QED) is 0.834. The Hall–Kier alpha value is -2.22. The average Bonchev–Trinajstić information content (AvgIpc) is 3.16. The Morgan fingerprint density at radius 3 is 2.42 bits per heavy atom. The molecule has 26 heavy (non-hydrogen) atoms. The van der Waals surface area contributed by atoms with Gasteiger partial charge in [0.2, 0.25) is 0 Å². The van der Waals surface area contributed by atoms with E-state index in [1.165, 1.54) is 11.3 Å². The molecule has 1 saturated heterocycles. The van der Waals surface area contributed by atoms with Gasteiger partial charge in [-0.25, -0.2) is 0 Å². The third kappa shape index (κ3) is 4.30. The zero-order chi connectivity index (χ0) is 18.5. The van der Waals surface area contributed by atoms with Crippen molar-refractivity contribution in [1.82, 2.24) is 15.1 Å². The van der Waals surface area contributed by atoms with Crippen LogP contribution in [0.5, 0.6) is 0 Å². The highest BCUT2D eigenvalue weighted by atomic mass is 32.1. The Morgan fingerprint density at radius 1 is 1.08 bits per heavy atom. The molecule has 3 rings (SSSR count). The van der Waals surface area contributed by atoms with Crippen molar-refractivity contribution in [3.05, 3.63) is 46.8 Å². The lowest BCUT2D eigenvalue weighted by Crippen LogP contribution is -2.47. The molecule has 2 N–H and O–H groups in total. The molecule has 1 aromatic heterocycles. The SMILES string of the molecule is CN1CCN(C(=O)c2ccc(-c3ccc(C(=O)NCCO)s3)cc2)CC1. The molecule has 0 spiro atoms. The number of hydrogen-bond acceptors (Lipinski definition) is 5. The summed E-state index contributed by atoms with van der Waals surface area (Å²) in [6.45, 7) is 3.49. The highest BCUT2D eigenvalue weighted by molar-refractivity contribution is 7.17. The number of hydrogen-bond donors (Lipinski definition) is 2. The van der Waals surface area contributed by atoms with Crippen LogP contribution < -0.4 is 5.32 Å². The highest BCUT2D eigenvalue weighted by Crippen LogP contribution is 2.28. The Bertz CT molecular complexity index is 765. The molecule has 0 aliphatic carbocycles. The van der Waals surface area contributed by atoms with Gasteiger partial charge in [0, 0.05) is 43.2 Å². The van der Waals surface area contributed by atoms with E-state index in [0.717, 1.165) is 36.6 Å². The summed E-state index contributed by atoms with van der Waals surface area (Å²) in [4.78, 5) is 30.2. The minimum atomic E-state index is -0.183. The first-order valence-corrected chi connectivity index (χ1v) is 9.47. The minimum absolute atomic E-state index is 0.0694. The van der Waals surface area contributed by atoms with Crippen LogP contribution in [0, 0.1) is 0 Å². The van der Waals surface area contributed by atoms with Crippen molar-refractivity contribution in [2.45, 2.75) is 0 Å². The van der Waals surface area contributed by atoms with Gasteiger partial charge in [-0.3, -0.25) is 9.59 Å². The van der Waals surface area contributed by atoms with Gasteiger partial charge in [0.25, 0.3) is 11.8 Å². The predicted molar refractivity (Wildman–Crippen MR) is 103 cm³/mol. The number of piperazine rings is 1. The monoisotopic (exact) mass is 373 g/mol. The maximum absolute atomic E-state index is 12.6. The van der Waals surface area contributed by atoms with Crippen molar-refractivity contribution in [2.24, 2.45) is 0 Å². The van der Waals surface area contributed by atoms with E-state index in [4.69, 9.17) is 5.11 Å².